The molecule has 0 spiro atoms. The Morgan fingerprint density at radius 3 is 2.75 bits per heavy atom. The quantitative estimate of drug-likeness (QED) is 0.428. The number of aromatic nitrogens is 5. The van der Waals surface area contributed by atoms with Crippen LogP contribution in [0.1, 0.15) is 26.3 Å². The Bertz CT molecular complexity index is 1470. The van der Waals surface area contributed by atoms with E-state index in [2.05, 4.69) is 26.0 Å². The number of rotatable bonds is 4. The summed E-state index contributed by atoms with van der Waals surface area (Å²) >= 11 is 0. The third-order valence-corrected chi connectivity index (χ3v) is 6.08. The standard InChI is InChI=1S/C24H23FN8O3/c1-14-10-32(17(25)12-31(14)23(34)24(2,3)35)20-19-16(22-28-6-7-36-22)11-33(21(19)30-13-29-20)18-8-15(9-26)4-5-27-18/h4-8,11,13-14,17,35H,10,12H2,1-3H3/t14-,17-/m1/s1. The van der Waals surface area contributed by atoms with Crippen LogP contribution < -0.4 is 4.90 Å². The first-order valence-corrected chi connectivity index (χ1v) is 11.3. The first-order valence-electron chi connectivity index (χ1n) is 11.3. The predicted molar refractivity (Wildman–Crippen MR) is 127 cm³/mol. The second-order valence-corrected chi connectivity index (χ2v) is 9.11. The van der Waals surface area contributed by atoms with Crippen molar-refractivity contribution < 1.29 is 18.7 Å². The van der Waals surface area contributed by atoms with Crippen LogP contribution in [0.2, 0.25) is 0 Å². The average Bonchev–Trinajstić information content (AvgIpc) is 3.52. The molecule has 0 unspecified atom stereocenters. The van der Waals surface area contributed by atoms with E-state index in [0.717, 1.165) is 0 Å². The number of nitriles is 1. The van der Waals surface area contributed by atoms with Crippen molar-refractivity contribution >= 4 is 22.8 Å². The van der Waals surface area contributed by atoms with E-state index in [9.17, 15) is 15.2 Å². The lowest BCUT2D eigenvalue weighted by Crippen LogP contribution is -2.61. The van der Waals surface area contributed by atoms with Gasteiger partial charge in [-0.2, -0.15) is 5.26 Å². The molecule has 5 rings (SSSR count). The summed E-state index contributed by atoms with van der Waals surface area (Å²) in [6, 6.07) is 4.90. The Morgan fingerprint density at radius 1 is 1.25 bits per heavy atom. The number of carbonyl (C=O) groups excluding carboxylic acids is 1. The Balaban J connectivity index is 1.64. The van der Waals surface area contributed by atoms with E-state index in [-0.39, 0.29) is 19.0 Å². The van der Waals surface area contributed by atoms with E-state index in [1.807, 2.05) is 0 Å². The lowest BCUT2D eigenvalue weighted by atomic mass is 10.0. The third kappa shape index (κ3) is 3.93. The van der Waals surface area contributed by atoms with E-state index >= 15 is 4.39 Å². The summed E-state index contributed by atoms with van der Waals surface area (Å²) in [6.07, 6.45) is 5.89. The maximum atomic E-state index is 15.6. The zero-order chi connectivity index (χ0) is 25.6. The minimum Gasteiger partial charge on any atom is -0.444 e. The molecule has 1 N–H and O–H groups in total. The molecular weight excluding hydrogens is 467 g/mol. The van der Waals surface area contributed by atoms with Gasteiger partial charge in [-0.25, -0.2) is 24.3 Å². The Labute approximate surface area is 205 Å². The number of alkyl halides is 1. The summed E-state index contributed by atoms with van der Waals surface area (Å²) in [5.41, 5.74) is -0.257. The van der Waals surface area contributed by atoms with E-state index in [1.165, 1.54) is 48.6 Å². The summed E-state index contributed by atoms with van der Waals surface area (Å²) < 4.78 is 22.9. The molecule has 5 heterocycles. The second kappa shape index (κ2) is 8.69. The van der Waals surface area contributed by atoms with Gasteiger partial charge in [0, 0.05) is 25.0 Å². The zero-order valence-electron chi connectivity index (χ0n) is 19.8. The molecule has 1 fully saturated rings. The number of nitrogens with zero attached hydrogens (tertiary/aromatic N) is 8. The summed E-state index contributed by atoms with van der Waals surface area (Å²) in [4.78, 5) is 33.0. The van der Waals surface area contributed by atoms with Crippen molar-refractivity contribution in [1.29, 1.82) is 5.26 Å². The highest BCUT2D eigenvalue weighted by molar-refractivity contribution is 6.01. The van der Waals surface area contributed by atoms with Gasteiger partial charge in [0.25, 0.3) is 5.91 Å². The molecule has 0 aromatic carbocycles. The number of pyridine rings is 1. The average molecular weight is 490 g/mol. The number of hydrogen-bond acceptors (Lipinski definition) is 9. The number of hydrogen-bond donors (Lipinski definition) is 1. The number of anilines is 1. The fraction of sp³-hybridized carbons (Fsp3) is 0.333. The molecule has 0 radical (unpaired) electrons. The van der Waals surface area contributed by atoms with Gasteiger partial charge in [0.2, 0.25) is 5.89 Å². The van der Waals surface area contributed by atoms with E-state index in [0.29, 0.717) is 33.8 Å². The third-order valence-electron chi connectivity index (χ3n) is 6.08. The van der Waals surface area contributed by atoms with Crippen LogP contribution in [0.4, 0.5) is 10.2 Å². The summed E-state index contributed by atoms with van der Waals surface area (Å²) in [5, 5.41) is 20.0. The van der Waals surface area contributed by atoms with Crippen molar-refractivity contribution in [2.24, 2.45) is 0 Å². The number of oxazole rings is 1. The molecule has 0 bridgehead atoms. The van der Waals surface area contributed by atoms with Gasteiger partial charge in [-0.15, -0.1) is 0 Å². The van der Waals surface area contributed by atoms with E-state index < -0.39 is 23.8 Å². The van der Waals surface area contributed by atoms with Gasteiger partial charge in [-0.05, 0) is 32.9 Å². The number of halogens is 1. The van der Waals surface area contributed by atoms with Crippen LogP contribution in [0.25, 0.3) is 28.3 Å². The topological polar surface area (TPSA) is 137 Å². The number of amides is 1. The first-order chi connectivity index (χ1) is 17.2. The number of aliphatic hydroxyl groups is 1. The molecule has 2 atom stereocenters. The molecule has 11 nitrogen and oxygen atoms in total. The predicted octanol–water partition coefficient (Wildman–Crippen LogP) is 2.45. The van der Waals surface area contributed by atoms with Crippen LogP contribution in [0.15, 0.2) is 47.7 Å². The first kappa shape index (κ1) is 23.4. The van der Waals surface area contributed by atoms with Crippen LogP contribution in [0.5, 0.6) is 0 Å². The van der Waals surface area contributed by atoms with E-state index in [4.69, 9.17) is 4.42 Å². The molecule has 184 valence electrons. The maximum Gasteiger partial charge on any atom is 0.254 e. The summed E-state index contributed by atoms with van der Waals surface area (Å²) in [5.74, 6) is 0.483. The summed E-state index contributed by atoms with van der Waals surface area (Å²) in [6.45, 7) is 4.45. The Kier molecular flexibility index (Phi) is 5.64. The van der Waals surface area contributed by atoms with Crippen LogP contribution in [0.3, 0.4) is 0 Å². The van der Waals surface area contributed by atoms with Gasteiger partial charge in [0.15, 0.2) is 11.9 Å². The number of piperazine rings is 1. The molecule has 1 saturated heterocycles. The molecule has 12 heteroatoms. The summed E-state index contributed by atoms with van der Waals surface area (Å²) in [7, 11) is 0. The fourth-order valence-electron chi connectivity index (χ4n) is 4.37. The highest BCUT2D eigenvalue weighted by Crippen LogP contribution is 2.37. The van der Waals surface area contributed by atoms with Gasteiger partial charge >= 0.3 is 0 Å². The van der Waals surface area contributed by atoms with Crippen molar-refractivity contribution in [3.05, 3.63) is 48.9 Å². The maximum absolute atomic E-state index is 15.6. The lowest BCUT2D eigenvalue weighted by Gasteiger charge is -2.44. The molecule has 1 amide bonds. The molecule has 0 aliphatic carbocycles. The molecule has 1 aliphatic rings. The van der Waals surface area contributed by atoms with Crippen LogP contribution in [0, 0.1) is 11.3 Å². The van der Waals surface area contributed by atoms with Crippen LogP contribution >= 0.6 is 0 Å². The van der Waals surface area contributed by atoms with E-state index in [1.54, 1.807) is 29.8 Å². The van der Waals surface area contributed by atoms with Crippen LogP contribution in [-0.4, -0.2) is 71.4 Å². The van der Waals surface area contributed by atoms with Gasteiger partial charge < -0.3 is 19.3 Å². The lowest BCUT2D eigenvalue weighted by molar-refractivity contribution is -0.152. The minimum absolute atomic E-state index is 0.132. The number of fused-ring (bicyclic) bond motifs is 1. The monoisotopic (exact) mass is 490 g/mol. The van der Waals surface area contributed by atoms with Crippen molar-refractivity contribution in [1.82, 2.24) is 29.4 Å². The molecule has 0 saturated carbocycles. The smallest absolute Gasteiger partial charge is 0.254 e. The molecule has 4 aromatic rings. The van der Waals surface area contributed by atoms with Crippen LogP contribution in [-0.2, 0) is 4.79 Å². The fourth-order valence-corrected chi connectivity index (χ4v) is 4.37. The van der Waals surface area contributed by atoms with Crippen molar-refractivity contribution in [3.63, 3.8) is 0 Å². The van der Waals surface area contributed by atoms with Crippen molar-refractivity contribution in [3.8, 4) is 23.3 Å². The molecule has 36 heavy (non-hydrogen) atoms. The molecule has 4 aromatic heterocycles. The highest BCUT2D eigenvalue weighted by Gasteiger charge is 2.40. The van der Waals surface area contributed by atoms with Crippen molar-refractivity contribution in [2.45, 2.75) is 38.7 Å². The normalized spacial score (nSPS) is 18.4. The largest absolute Gasteiger partial charge is 0.444 e. The minimum atomic E-state index is -1.61. The van der Waals surface area contributed by atoms with Gasteiger partial charge in [0.1, 0.15) is 29.8 Å². The SMILES string of the molecule is C[C@@H]1CN(c2ncnc3c2c(-c2ncco2)cn3-c2cc(C#N)ccn2)[C@@H](F)CN1C(=O)C(C)(C)O. The molecular formula is C24H23FN8O3. The Hall–Kier alpha value is -4.37. The zero-order valence-corrected chi connectivity index (χ0v) is 19.8. The Morgan fingerprint density at radius 2 is 2.06 bits per heavy atom. The van der Waals surface area contributed by atoms with Gasteiger partial charge in [-0.1, -0.05) is 0 Å². The second-order valence-electron chi connectivity index (χ2n) is 9.11. The van der Waals surface area contributed by atoms with Crippen molar-refractivity contribution in [2.75, 3.05) is 18.0 Å². The highest BCUT2D eigenvalue weighted by atomic mass is 19.1. The van der Waals surface area contributed by atoms with Gasteiger partial charge in [-0.3, -0.25) is 9.36 Å². The van der Waals surface area contributed by atoms with Gasteiger partial charge in [0.05, 0.1) is 35.3 Å². The molecule has 1 aliphatic heterocycles. The number of carbonyl (C=O) groups is 1.